The first kappa shape index (κ1) is 10.7. The van der Waals surface area contributed by atoms with Crippen LogP contribution in [0.2, 0.25) is 0 Å². The summed E-state index contributed by atoms with van der Waals surface area (Å²) in [7, 11) is 0. The first-order valence-electron chi connectivity index (χ1n) is 3.93. The van der Waals surface area contributed by atoms with E-state index >= 15 is 0 Å². The highest BCUT2D eigenvalue weighted by Gasteiger charge is 1.99. The smallest absolute Gasteiger partial charge is 0.258 e. The van der Waals surface area contributed by atoms with Crippen molar-refractivity contribution in [2.45, 2.75) is 0 Å². The third-order valence-electron chi connectivity index (χ3n) is 1.50. The van der Waals surface area contributed by atoms with E-state index in [2.05, 4.69) is 15.9 Å². The van der Waals surface area contributed by atoms with Crippen LogP contribution in [0.15, 0.2) is 47.1 Å². The molecule has 1 rings (SSSR count). The summed E-state index contributed by atoms with van der Waals surface area (Å²) < 4.78 is -0.0512. The summed E-state index contributed by atoms with van der Waals surface area (Å²) in [5.74, 6) is 0. The van der Waals surface area contributed by atoms with Crippen molar-refractivity contribution in [1.82, 2.24) is 0 Å². The molecule has 1 aromatic carbocycles. The van der Waals surface area contributed by atoms with E-state index in [9.17, 15) is 10.1 Å². The largest absolute Gasteiger partial charge is 0.310 e. The highest BCUT2D eigenvalue weighted by molar-refractivity contribution is 9.11. The van der Waals surface area contributed by atoms with Crippen molar-refractivity contribution in [3.05, 3.63) is 62.8 Å². The summed E-state index contributed by atoms with van der Waals surface area (Å²) in [4.78, 5) is 9.71. The minimum atomic E-state index is -0.491. The molecule has 0 heterocycles. The van der Waals surface area contributed by atoms with Crippen molar-refractivity contribution >= 4 is 22.0 Å². The lowest BCUT2D eigenvalue weighted by molar-refractivity contribution is -0.408. The second-order valence-electron chi connectivity index (χ2n) is 2.52. The normalized spacial score (nSPS) is 11.9. The fraction of sp³-hybridized carbons (Fsp3) is 0. The Kier molecular flexibility index (Phi) is 4.07. The van der Waals surface area contributed by atoms with Crippen molar-refractivity contribution in [3.8, 4) is 0 Å². The van der Waals surface area contributed by atoms with Crippen LogP contribution in [-0.2, 0) is 0 Å². The van der Waals surface area contributed by atoms with Gasteiger partial charge in [0.2, 0.25) is 0 Å². The van der Waals surface area contributed by atoms with Gasteiger partial charge in [-0.05, 0) is 5.56 Å². The molecule has 0 unspecified atom stereocenters. The zero-order valence-corrected chi connectivity index (χ0v) is 8.85. The van der Waals surface area contributed by atoms with Crippen LogP contribution in [-0.4, -0.2) is 4.92 Å². The van der Waals surface area contributed by atoms with Crippen molar-refractivity contribution < 1.29 is 4.92 Å². The van der Waals surface area contributed by atoms with Crippen LogP contribution >= 0.6 is 15.9 Å². The highest BCUT2D eigenvalue weighted by atomic mass is 79.9. The SMILES string of the molecule is O=[N+]([O-])/C(Br)=C/C=C/c1ccccc1. The zero-order chi connectivity index (χ0) is 10.4. The van der Waals surface area contributed by atoms with Gasteiger partial charge in [-0.15, -0.1) is 0 Å². The molecular weight excluding hydrogens is 246 g/mol. The molecule has 0 aromatic heterocycles. The quantitative estimate of drug-likeness (QED) is 0.359. The van der Waals surface area contributed by atoms with E-state index in [1.165, 1.54) is 6.08 Å². The maximum Gasteiger partial charge on any atom is 0.310 e. The monoisotopic (exact) mass is 253 g/mol. The zero-order valence-electron chi connectivity index (χ0n) is 7.26. The van der Waals surface area contributed by atoms with Crippen LogP contribution in [0.4, 0.5) is 0 Å². The minimum absolute atomic E-state index is 0.0512. The van der Waals surface area contributed by atoms with Gasteiger partial charge in [-0.3, -0.25) is 10.1 Å². The summed E-state index contributed by atoms with van der Waals surface area (Å²) >= 11 is 2.83. The highest BCUT2D eigenvalue weighted by Crippen LogP contribution is 2.06. The Hall–Kier alpha value is -1.42. The molecule has 0 aliphatic carbocycles. The van der Waals surface area contributed by atoms with Gasteiger partial charge in [0.05, 0.1) is 4.92 Å². The molecule has 0 atom stereocenters. The lowest BCUT2D eigenvalue weighted by Crippen LogP contribution is -1.88. The number of hydrogen-bond acceptors (Lipinski definition) is 2. The molecule has 4 heteroatoms. The van der Waals surface area contributed by atoms with Crippen molar-refractivity contribution in [1.29, 1.82) is 0 Å². The number of allylic oxidation sites excluding steroid dienone is 2. The molecule has 14 heavy (non-hydrogen) atoms. The van der Waals surface area contributed by atoms with Gasteiger partial charge in [0.1, 0.15) is 0 Å². The topological polar surface area (TPSA) is 43.1 Å². The van der Waals surface area contributed by atoms with Crippen LogP contribution < -0.4 is 0 Å². The molecule has 1 aromatic rings. The van der Waals surface area contributed by atoms with E-state index < -0.39 is 4.92 Å². The maximum absolute atomic E-state index is 10.2. The molecule has 0 aliphatic rings. The summed E-state index contributed by atoms with van der Waals surface area (Å²) in [5, 5.41) is 10.2. The fourth-order valence-corrected chi connectivity index (χ4v) is 1.02. The minimum Gasteiger partial charge on any atom is -0.258 e. The van der Waals surface area contributed by atoms with Crippen LogP contribution in [0, 0.1) is 10.1 Å². The Morgan fingerprint density at radius 3 is 2.57 bits per heavy atom. The Labute approximate surface area is 90.0 Å². The number of rotatable bonds is 3. The molecule has 3 nitrogen and oxygen atoms in total. The van der Waals surface area contributed by atoms with Crippen LogP contribution in [0.25, 0.3) is 6.08 Å². The molecule has 0 bridgehead atoms. The van der Waals surface area contributed by atoms with Gasteiger partial charge < -0.3 is 0 Å². The van der Waals surface area contributed by atoms with E-state index in [-0.39, 0.29) is 4.61 Å². The van der Waals surface area contributed by atoms with E-state index in [1.54, 1.807) is 12.2 Å². The first-order valence-corrected chi connectivity index (χ1v) is 4.73. The van der Waals surface area contributed by atoms with Gasteiger partial charge in [-0.25, -0.2) is 0 Å². The van der Waals surface area contributed by atoms with Gasteiger partial charge in [0, 0.05) is 22.0 Å². The molecule has 0 amide bonds. The summed E-state index contributed by atoms with van der Waals surface area (Å²) in [6.45, 7) is 0. The Bertz CT molecular complexity index is 371. The third-order valence-corrected chi connectivity index (χ3v) is 2.05. The molecule has 0 fully saturated rings. The number of nitrogens with zero attached hydrogens (tertiary/aromatic N) is 1. The second-order valence-corrected chi connectivity index (χ2v) is 3.33. The number of halogens is 1. The molecule has 0 saturated carbocycles. The predicted octanol–water partition coefficient (Wildman–Crippen LogP) is 3.21. The van der Waals surface area contributed by atoms with E-state index in [0.717, 1.165) is 5.56 Å². The summed E-state index contributed by atoms with van der Waals surface area (Å²) in [6, 6.07) is 9.58. The molecule has 0 N–H and O–H groups in total. The number of nitro groups is 1. The molecular formula is C10H8BrNO2. The molecule has 0 spiro atoms. The van der Waals surface area contributed by atoms with Gasteiger partial charge in [-0.1, -0.05) is 42.5 Å². The van der Waals surface area contributed by atoms with Crippen LogP contribution in [0.1, 0.15) is 5.56 Å². The van der Waals surface area contributed by atoms with E-state index in [0.29, 0.717) is 0 Å². The van der Waals surface area contributed by atoms with Gasteiger partial charge >= 0.3 is 4.61 Å². The van der Waals surface area contributed by atoms with Crippen molar-refractivity contribution in [3.63, 3.8) is 0 Å². The molecule has 0 aliphatic heterocycles. The number of hydrogen-bond donors (Lipinski definition) is 0. The number of benzene rings is 1. The lowest BCUT2D eigenvalue weighted by atomic mass is 10.2. The Morgan fingerprint density at radius 1 is 1.36 bits per heavy atom. The van der Waals surface area contributed by atoms with Gasteiger partial charge in [-0.2, -0.15) is 0 Å². The Balaban J connectivity index is 2.66. The first-order chi connectivity index (χ1) is 6.70. The van der Waals surface area contributed by atoms with Gasteiger partial charge in [0.15, 0.2) is 0 Å². The van der Waals surface area contributed by atoms with E-state index in [4.69, 9.17) is 0 Å². The van der Waals surface area contributed by atoms with Crippen molar-refractivity contribution in [2.75, 3.05) is 0 Å². The molecule has 0 saturated heterocycles. The summed E-state index contributed by atoms with van der Waals surface area (Å²) in [5.41, 5.74) is 1.01. The van der Waals surface area contributed by atoms with Crippen molar-refractivity contribution in [2.24, 2.45) is 0 Å². The van der Waals surface area contributed by atoms with Crippen LogP contribution in [0.3, 0.4) is 0 Å². The Morgan fingerprint density at radius 2 is 2.00 bits per heavy atom. The lowest BCUT2D eigenvalue weighted by Gasteiger charge is -1.88. The maximum atomic E-state index is 10.2. The van der Waals surface area contributed by atoms with Crippen LogP contribution in [0.5, 0.6) is 0 Å². The third kappa shape index (κ3) is 3.53. The van der Waals surface area contributed by atoms with E-state index in [1.807, 2.05) is 30.3 Å². The predicted molar refractivity (Wildman–Crippen MR) is 59.5 cm³/mol. The fourth-order valence-electron chi connectivity index (χ4n) is 0.864. The second kappa shape index (κ2) is 5.34. The average molecular weight is 254 g/mol. The molecule has 0 radical (unpaired) electrons. The standard InChI is InChI=1S/C10H8BrNO2/c11-10(12(13)14)8-4-7-9-5-2-1-3-6-9/h1-8H/b7-4+,10-8+. The molecule has 72 valence electrons. The average Bonchev–Trinajstić information content (AvgIpc) is 2.19. The van der Waals surface area contributed by atoms with Gasteiger partial charge in [0.25, 0.3) is 0 Å². The summed E-state index contributed by atoms with van der Waals surface area (Å²) in [6.07, 6.45) is 4.82.